The second-order valence-corrected chi connectivity index (χ2v) is 11.0. The SMILES string of the molecule is CC1(C)c2ccccc2-c2ccc(-c3nc(Cl)nc(-c4cccc(-c5ccc(-c6ccccc6)cc5)c4)n3)cc21. The highest BCUT2D eigenvalue weighted by atomic mass is 35.5. The summed E-state index contributed by atoms with van der Waals surface area (Å²) in [6.07, 6.45) is 0. The number of benzene rings is 5. The van der Waals surface area contributed by atoms with Crippen molar-refractivity contribution in [3.63, 3.8) is 0 Å². The fraction of sp³-hybridized carbons (Fsp3) is 0.0833. The number of hydrogen-bond acceptors (Lipinski definition) is 3. The summed E-state index contributed by atoms with van der Waals surface area (Å²) in [6.45, 7) is 4.54. The van der Waals surface area contributed by atoms with Crippen LogP contribution in [-0.2, 0) is 5.41 Å². The van der Waals surface area contributed by atoms with Crippen molar-refractivity contribution in [1.29, 1.82) is 0 Å². The Morgan fingerprint density at radius 2 is 0.975 bits per heavy atom. The highest BCUT2D eigenvalue weighted by molar-refractivity contribution is 6.28. The Kier molecular flexibility index (Phi) is 5.83. The lowest BCUT2D eigenvalue weighted by Crippen LogP contribution is -2.15. The van der Waals surface area contributed by atoms with Gasteiger partial charge in [-0.05, 0) is 68.2 Å². The van der Waals surface area contributed by atoms with Gasteiger partial charge in [0.2, 0.25) is 5.28 Å². The molecule has 40 heavy (non-hydrogen) atoms. The summed E-state index contributed by atoms with van der Waals surface area (Å²) in [5.41, 5.74) is 11.5. The molecule has 1 aliphatic rings. The van der Waals surface area contributed by atoms with E-state index >= 15 is 0 Å². The van der Waals surface area contributed by atoms with Crippen molar-refractivity contribution in [3.05, 3.63) is 138 Å². The third kappa shape index (κ3) is 4.20. The van der Waals surface area contributed by atoms with Crippen molar-refractivity contribution < 1.29 is 0 Å². The first kappa shape index (κ1) is 24.4. The van der Waals surface area contributed by atoms with Crippen LogP contribution in [-0.4, -0.2) is 15.0 Å². The molecule has 0 unspecified atom stereocenters. The molecule has 0 atom stereocenters. The Morgan fingerprint density at radius 1 is 0.450 bits per heavy atom. The van der Waals surface area contributed by atoms with E-state index in [1.165, 1.54) is 33.4 Å². The number of aromatic nitrogens is 3. The zero-order valence-electron chi connectivity index (χ0n) is 22.3. The van der Waals surface area contributed by atoms with Gasteiger partial charge < -0.3 is 0 Å². The van der Waals surface area contributed by atoms with E-state index in [0.717, 1.165) is 22.3 Å². The molecule has 0 amide bonds. The maximum absolute atomic E-state index is 6.47. The highest BCUT2D eigenvalue weighted by Gasteiger charge is 2.35. The van der Waals surface area contributed by atoms with Gasteiger partial charge in [0.1, 0.15) is 0 Å². The maximum atomic E-state index is 6.47. The summed E-state index contributed by atoms with van der Waals surface area (Å²) < 4.78 is 0. The van der Waals surface area contributed by atoms with Crippen LogP contribution in [0.25, 0.3) is 56.2 Å². The molecular formula is C36H26ClN3. The first-order chi connectivity index (χ1) is 19.5. The van der Waals surface area contributed by atoms with Crippen molar-refractivity contribution in [3.8, 4) is 56.2 Å². The van der Waals surface area contributed by atoms with E-state index in [9.17, 15) is 0 Å². The molecule has 1 aliphatic carbocycles. The van der Waals surface area contributed by atoms with Gasteiger partial charge in [-0.3, -0.25) is 0 Å². The van der Waals surface area contributed by atoms with Gasteiger partial charge in [0, 0.05) is 16.5 Å². The largest absolute Gasteiger partial charge is 0.226 e. The summed E-state index contributed by atoms with van der Waals surface area (Å²) in [7, 11) is 0. The quantitative estimate of drug-likeness (QED) is 0.225. The lowest BCUT2D eigenvalue weighted by atomic mass is 9.82. The van der Waals surface area contributed by atoms with Crippen LogP contribution >= 0.6 is 11.6 Å². The number of fused-ring (bicyclic) bond motifs is 3. The van der Waals surface area contributed by atoms with E-state index < -0.39 is 0 Å². The topological polar surface area (TPSA) is 38.7 Å². The molecule has 0 fully saturated rings. The molecule has 1 heterocycles. The fourth-order valence-electron chi connectivity index (χ4n) is 5.78. The van der Waals surface area contributed by atoms with Crippen LogP contribution in [0.1, 0.15) is 25.0 Å². The predicted octanol–water partition coefficient (Wildman–Crippen LogP) is 9.50. The molecule has 0 saturated carbocycles. The zero-order valence-corrected chi connectivity index (χ0v) is 23.0. The molecule has 7 rings (SSSR count). The Hall–Kier alpha value is -4.60. The molecule has 0 bridgehead atoms. The number of halogens is 1. The van der Waals surface area contributed by atoms with Crippen LogP contribution in [0.3, 0.4) is 0 Å². The molecule has 4 heteroatoms. The first-order valence-corrected chi connectivity index (χ1v) is 13.8. The van der Waals surface area contributed by atoms with Crippen molar-refractivity contribution in [2.75, 3.05) is 0 Å². The first-order valence-electron chi connectivity index (χ1n) is 13.4. The van der Waals surface area contributed by atoms with Crippen molar-refractivity contribution in [1.82, 2.24) is 15.0 Å². The molecule has 0 radical (unpaired) electrons. The smallest absolute Gasteiger partial charge is 0.208 e. The molecule has 0 spiro atoms. The predicted molar refractivity (Wildman–Crippen MR) is 164 cm³/mol. The van der Waals surface area contributed by atoms with Gasteiger partial charge in [-0.2, -0.15) is 9.97 Å². The van der Waals surface area contributed by atoms with Gasteiger partial charge in [-0.15, -0.1) is 0 Å². The van der Waals surface area contributed by atoms with Crippen LogP contribution in [0.2, 0.25) is 5.28 Å². The lowest BCUT2D eigenvalue weighted by molar-refractivity contribution is 0.660. The minimum atomic E-state index is -0.105. The van der Waals surface area contributed by atoms with E-state index in [1.807, 2.05) is 18.2 Å². The maximum Gasteiger partial charge on any atom is 0.226 e. The summed E-state index contributed by atoms with van der Waals surface area (Å²) in [6, 6.07) is 42.3. The normalized spacial score (nSPS) is 13.1. The van der Waals surface area contributed by atoms with Gasteiger partial charge in [0.25, 0.3) is 0 Å². The average Bonchev–Trinajstić information content (AvgIpc) is 3.23. The lowest BCUT2D eigenvalue weighted by Gasteiger charge is -2.21. The molecule has 0 saturated heterocycles. The summed E-state index contributed by atoms with van der Waals surface area (Å²) in [4.78, 5) is 13.9. The Bertz CT molecular complexity index is 1880. The fourth-order valence-corrected chi connectivity index (χ4v) is 5.94. The number of rotatable bonds is 4. The van der Waals surface area contributed by atoms with E-state index in [1.54, 1.807) is 0 Å². The van der Waals surface area contributed by atoms with Crippen molar-refractivity contribution in [2.24, 2.45) is 0 Å². The van der Waals surface area contributed by atoms with Gasteiger partial charge in [-0.25, -0.2) is 4.98 Å². The second-order valence-electron chi connectivity index (χ2n) is 10.7. The summed E-state index contributed by atoms with van der Waals surface area (Å²) >= 11 is 6.47. The highest BCUT2D eigenvalue weighted by Crippen LogP contribution is 2.49. The standard InChI is InChI=1S/C36H26ClN3/c1-36(2)31-14-7-6-13-29(31)30-20-19-28(22-32(30)36)34-38-33(39-35(37)40-34)27-12-8-11-26(21-27)25-17-15-24(16-18-25)23-9-4-3-5-10-23/h3-22H,1-2H3. The third-order valence-corrected chi connectivity index (χ3v) is 8.06. The van der Waals surface area contributed by atoms with Crippen LogP contribution in [0, 0.1) is 0 Å². The van der Waals surface area contributed by atoms with Crippen LogP contribution < -0.4 is 0 Å². The Balaban J connectivity index is 1.24. The Labute approximate surface area is 239 Å². The van der Waals surface area contributed by atoms with Gasteiger partial charge in [0.15, 0.2) is 11.6 Å². The van der Waals surface area contributed by atoms with Crippen LogP contribution in [0.15, 0.2) is 121 Å². The molecule has 6 aromatic rings. The molecule has 1 aromatic heterocycles. The number of nitrogens with zero attached hydrogens (tertiary/aromatic N) is 3. The van der Waals surface area contributed by atoms with Crippen LogP contribution in [0.5, 0.6) is 0 Å². The summed E-state index contributed by atoms with van der Waals surface area (Å²) in [5.74, 6) is 1.13. The van der Waals surface area contributed by atoms with Crippen molar-refractivity contribution >= 4 is 11.6 Å². The third-order valence-electron chi connectivity index (χ3n) is 7.90. The monoisotopic (exact) mass is 535 g/mol. The van der Waals surface area contributed by atoms with Gasteiger partial charge >= 0.3 is 0 Å². The molecular weight excluding hydrogens is 510 g/mol. The minimum Gasteiger partial charge on any atom is -0.208 e. The van der Waals surface area contributed by atoms with E-state index in [4.69, 9.17) is 16.6 Å². The number of hydrogen-bond donors (Lipinski definition) is 0. The minimum absolute atomic E-state index is 0.105. The van der Waals surface area contributed by atoms with E-state index in [-0.39, 0.29) is 10.7 Å². The molecule has 0 aliphatic heterocycles. The van der Waals surface area contributed by atoms with Gasteiger partial charge in [-0.1, -0.05) is 123 Å². The van der Waals surface area contributed by atoms with Gasteiger partial charge in [0.05, 0.1) is 0 Å². The molecule has 5 aromatic carbocycles. The average molecular weight is 536 g/mol. The molecule has 3 nitrogen and oxygen atoms in total. The van der Waals surface area contributed by atoms with E-state index in [2.05, 4.69) is 127 Å². The Morgan fingerprint density at radius 3 is 1.73 bits per heavy atom. The summed E-state index contributed by atoms with van der Waals surface area (Å²) in [5, 5.41) is 0.181. The zero-order chi connectivity index (χ0) is 27.3. The van der Waals surface area contributed by atoms with Crippen LogP contribution in [0.4, 0.5) is 0 Å². The second kappa shape index (κ2) is 9.55. The molecule has 192 valence electrons. The molecule has 0 N–H and O–H groups in total. The van der Waals surface area contributed by atoms with Crippen molar-refractivity contribution in [2.45, 2.75) is 19.3 Å². The van der Waals surface area contributed by atoms with E-state index in [0.29, 0.717) is 11.6 Å².